The molecule has 1 heterocycles. The first-order valence-electron chi connectivity index (χ1n) is 5.37. The zero-order chi connectivity index (χ0) is 12.3. The van der Waals surface area contributed by atoms with E-state index in [1.165, 1.54) is 11.3 Å². The number of nitrogen functional groups attached to an aromatic ring is 1. The van der Waals surface area contributed by atoms with Crippen LogP contribution in [0, 0.1) is 0 Å². The van der Waals surface area contributed by atoms with Gasteiger partial charge in [-0.15, -0.1) is 11.3 Å². The summed E-state index contributed by atoms with van der Waals surface area (Å²) in [6.45, 7) is 1.95. The van der Waals surface area contributed by atoms with E-state index >= 15 is 0 Å². The van der Waals surface area contributed by atoms with E-state index in [-0.39, 0.29) is 11.9 Å². The second-order valence-corrected chi connectivity index (χ2v) is 4.75. The van der Waals surface area contributed by atoms with Crippen molar-refractivity contribution in [1.29, 1.82) is 0 Å². The highest BCUT2D eigenvalue weighted by molar-refractivity contribution is 7.14. The van der Waals surface area contributed by atoms with Gasteiger partial charge in [0.2, 0.25) is 0 Å². The fourth-order valence-electron chi connectivity index (χ4n) is 1.61. The minimum absolute atomic E-state index is 0.0250. The van der Waals surface area contributed by atoms with Crippen molar-refractivity contribution in [2.45, 2.75) is 13.0 Å². The predicted octanol–water partition coefficient (Wildman–Crippen LogP) is 2.82. The maximum Gasteiger partial charge on any atom is 0.254 e. The first kappa shape index (κ1) is 11.7. The molecule has 17 heavy (non-hydrogen) atoms. The number of hydrogen-bond donors (Lipinski definition) is 2. The number of rotatable bonds is 3. The molecule has 3 nitrogen and oxygen atoms in total. The van der Waals surface area contributed by atoms with Gasteiger partial charge in [0.25, 0.3) is 5.91 Å². The van der Waals surface area contributed by atoms with Gasteiger partial charge < -0.3 is 11.1 Å². The van der Waals surface area contributed by atoms with E-state index < -0.39 is 0 Å². The van der Waals surface area contributed by atoms with Crippen molar-refractivity contribution in [1.82, 2.24) is 5.32 Å². The standard InChI is InChI=1S/C13H14N2OS/c1-9(10-5-3-2-4-6-10)15-13(16)11-7-8-17-12(11)14/h2-9H,14H2,1H3,(H,15,16). The SMILES string of the molecule is CC(NC(=O)c1ccsc1N)c1ccccc1. The summed E-state index contributed by atoms with van der Waals surface area (Å²) in [7, 11) is 0. The van der Waals surface area contributed by atoms with Gasteiger partial charge in [-0.1, -0.05) is 30.3 Å². The summed E-state index contributed by atoms with van der Waals surface area (Å²) >= 11 is 1.37. The molecular weight excluding hydrogens is 232 g/mol. The molecule has 1 aromatic carbocycles. The number of hydrogen-bond acceptors (Lipinski definition) is 3. The van der Waals surface area contributed by atoms with Crippen LogP contribution in [-0.4, -0.2) is 5.91 Å². The highest BCUT2D eigenvalue weighted by Crippen LogP contribution is 2.20. The van der Waals surface area contributed by atoms with Crippen LogP contribution in [0.2, 0.25) is 0 Å². The Morgan fingerprint density at radius 2 is 2.00 bits per heavy atom. The molecule has 0 saturated heterocycles. The molecule has 1 unspecified atom stereocenters. The molecule has 0 aliphatic heterocycles. The second-order valence-electron chi connectivity index (χ2n) is 3.80. The van der Waals surface area contributed by atoms with E-state index in [4.69, 9.17) is 5.73 Å². The molecule has 0 fully saturated rings. The van der Waals surface area contributed by atoms with Gasteiger partial charge in [-0.05, 0) is 23.9 Å². The Balaban J connectivity index is 2.08. The number of benzene rings is 1. The average Bonchev–Trinajstić information content (AvgIpc) is 2.76. The van der Waals surface area contributed by atoms with Crippen LogP contribution in [-0.2, 0) is 0 Å². The van der Waals surface area contributed by atoms with Gasteiger partial charge >= 0.3 is 0 Å². The zero-order valence-corrected chi connectivity index (χ0v) is 10.3. The van der Waals surface area contributed by atoms with Gasteiger partial charge in [-0.2, -0.15) is 0 Å². The molecule has 88 valence electrons. The molecule has 3 N–H and O–H groups in total. The molecule has 0 bridgehead atoms. The highest BCUT2D eigenvalue weighted by atomic mass is 32.1. The van der Waals surface area contributed by atoms with E-state index in [0.717, 1.165) is 5.56 Å². The Kier molecular flexibility index (Phi) is 3.44. The zero-order valence-electron chi connectivity index (χ0n) is 9.51. The topological polar surface area (TPSA) is 55.1 Å². The second kappa shape index (κ2) is 5.01. The molecule has 1 aromatic heterocycles. The van der Waals surface area contributed by atoms with Crippen LogP contribution in [0.5, 0.6) is 0 Å². The smallest absolute Gasteiger partial charge is 0.254 e. The summed E-state index contributed by atoms with van der Waals surface area (Å²) in [4.78, 5) is 11.9. The largest absolute Gasteiger partial charge is 0.390 e. The summed E-state index contributed by atoms with van der Waals surface area (Å²) in [5.41, 5.74) is 7.35. The minimum atomic E-state index is -0.125. The van der Waals surface area contributed by atoms with Crippen molar-refractivity contribution >= 4 is 22.2 Å². The van der Waals surface area contributed by atoms with Crippen LogP contribution in [0.4, 0.5) is 5.00 Å². The van der Waals surface area contributed by atoms with E-state index in [0.29, 0.717) is 10.6 Å². The molecule has 0 radical (unpaired) electrons. The summed E-state index contributed by atoms with van der Waals surface area (Å²) in [5.74, 6) is -0.125. The highest BCUT2D eigenvalue weighted by Gasteiger charge is 2.14. The minimum Gasteiger partial charge on any atom is -0.390 e. The van der Waals surface area contributed by atoms with E-state index in [9.17, 15) is 4.79 Å². The predicted molar refractivity (Wildman–Crippen MR) is 71.1 cm³/mol. The van der Waals surface area contributed by atoms with Crippen molar-refractivity contribution in [2.75, 3.05) is 5.73 Å². The van der Waals surface area contributed by atoms with Crippen molar-refractivity contribution in [3.05, 3.63) is 52.9 Å². The summed E-state index contributed by atoms with van der Waals surface area (Å²) < 4.78 is 0. The van der Waals surface area contributed by atoms with Gasteiger partial charge in [0.1, 0.15) is 0 Å². The number of amides is 1. The number of carbonyl (C=O) groups is 1. The van der Waals surface area contributed by atoms with Crippen LogP contribution in [0.15, 0.2) is 41.8 Å². The van der Waals surface area contributed by atoms with Crippen LogP contribution >= 0.6 is 11.3 Å². The Morgan fingerprint density at radius 3 is 2.59 bits per heavy atom. The molecule has 2 rings (SSSR count). The number of nitrogens with one attached hydrogen (secondary N) is 1. The first-order valence-corrected chi connectivity index (χ1v) is 6.25. The number of thiophene rings is 1. The van der Waals surface area contributed by atoms with Crippen LogP contribution < -0.4 is 11.1 Å². The number of carbonyl (C=O) groups excluding carboxylic acids is 1. The Bertz CT molecular complexity index is 507. The fourth-order valence-corrected chi connectivity index (χ4v) is 2.25. The lowest BCUT2D eigenvalue weighted by Gasteiger charge is -2.13. The number of nitrogens with two attached hydrogens (primary N) is 1. The first-order chi connectivity index (χ1) is 8.18. The van der Waals surface area contributed by atoms with Crippen molar-refractivity contribution < 1.29 is 4.79 Å². The van der Waals surface area contributed by atoms with Crippen molar-refractivity contribution in [3.8, 4) is 0 Å². The summed E-state index contributed by atoms with van der Waals surface area (Å²) in [6.07, 6.45) is 0. The summed E-state index contributed by atoms with van der Waals surface area (Å²) in [5, 5.41) is 5.30. The fraction of sp³-hybridized carbons (Fsp3) is 0.154. The van der Waals surface area contributed by atoms with Gasteiger partial charge in [0.05, 0.1) is 16.6 Å². The van der Waals surface area contributed by atoms with Crippen LogP contribution in [0.3, 0.4) is 0 Å². The Hall–Kier alpha value is -1.81. The maximum absolute atomic E-state index is 11.9. The van der Waals surface area contributed by atoms with Crippen molar-refractivity contribution in [2.24, 2.45) is 0 Å². The molecule has 0 saturated carbocycles. The van der Waals surface area contributed by atoms with Gasteiger partial charge in [-0.25, -0.2) is 0 Å². The van der Waals surface area contributed by atoms with E-state index in [1.54, 1.807) is 6.07 Å². The number of anilines is 1. The average molecular weight is 246 g/mol. The molecule has 0 aliphatic rings. The third-order valence-electron chi connectivity index (χ3n) is 2.59. The lowest BCUT2D eigenvalue weighted by Crippen LogP contribution is -2.26. The van der Waals surface area contributed by atoms with Crippen LogP contribution in [0.1, 0.15) is 28.9 Å². The lowest BCUT2D eigenvalue weighted by atomic mass is 10.1. The quantitative estimate of drug-likeness (QED) is 0.875. The maximum atomic E-state index is 11.9. The third kappa shape index (κ3) is 2.65. The molecular formula is C13H14N2OS. The van der Waals surface area contributed by atoms with Crippen LogP contribution in [0.25, 0.3) is 0 Å². The summed E-state index contributed by atoms with van der Waals surface area (Å²) in [6, 6.07) is 11.6. The molecule has 0 aliphatic carbocycles. The van der Waals surface area contributed by atoms with Crippen molar-refractivity contribution in [3.63, 3.8) is 0 Å². The molecule has 2 aromatic rings. The van der Waals surface area contributed by atoms with Gasteiger partial charge in [-0.3, -0.25) is 4.79 Å². The Morgan fingerprint density at radius 1 is 1.29 bits per heavy atom. The van der Waals surface area contributed by atoms with Gasteiger partial charge in [0.15, 0.2) is 0 Å². The van der Waals surface area contributed by atoms with E-state index in [1.807, 2.05) is 42.6 Å². The third-order valence-corrected chi connectivity index (χ3v) is 3.33. The monoisotopic (exact) mass is 246 g/mol. The van der Waals surface area contributed by atoms with E-state index in [2.05, 4.69) is 5.32 Å². The molecule has 1 amide bonds. The normalized spacial score (nSPS) is 12.1. The lowest BCUT2D eigenvalue weighted by molar-refractivity contribution is 0.0941. The van der Waals surface area contributed by atoms with Gasteiger partial charge in [0, 0.05) is 0 Å². The molecule has 1 atom stereocenters. The molecule has 4 heteroatoms. The Labute approximate surface area is 104 Å². The molecule has 0 spiro atoms.